The zero-order valence-electron chi connectivity index (χ0n) is 7.83. The third-order valence-electron chi connectivity index (χ3n) is 2.45. The molecule has 0 bridgehead atoms. The molecule has 4 heteroatoms. The molecule has 0 unspecified atom stereocenters. The number of aliphatic hydroxyl groups is 1. The molecular formula is C9H18N2O2. The first-order valence-electron chi connectivity index (χ1n) is 4.91. The Morgan fingerprint density at radius 3 is 2.77 bits per heavy atom. The molecule has 1 aliphatic rings. The lowest BCUT2D eigenvalue weighted by Gasteiger charge is -2.28. The van der Waals surface area contributed by atoms with Gasteiger partial charge in [-0.25, -0.2) is 0 Å². The highest BCUT2D eigenvalue weighted by Crippen LogP contribution is 2.18. The largest absolute Gasteiger partial charge is 0.391 e. The molecule has 13 heavy (non-hydrogen) atoms. The van der Waals surface area contributed by atoms with Gasteiger partial charge in [0, 0.05) is 13.0 Å². The molecule has 0 aromatic heterocycles. The summed E-state index contributed by atoms with van der Waals surface area (Å²) in [5.41, 5.74) is 5.25. The normalized spacial score (nSPS) is 28.5. The summed E-state index contributed by atoms with van der Waals surface area (Å²) in [7, 11) is 0. The first-order valence-corrected chi connectivity index (χ1v) is 4.91. The number of nitrogens with one attached hydrogen (secondary N) is 1. The fourth-order valence-electron chi connectivity index (χ4n) is 1.69. The maximum absolute atomic E-state index is 11.2. The van der Waals surface area contributed by atoms with Crippen LogP contribution in [0.25, 0.3) is 0 Å². The molecular weight excluding hydrogens is 168 g/mol. The average molecular weight is 186 g/mol. The summed E-state index contributed by atoms with van der Waals surface area (Å²) in [5.74, 6) is -0.0477. The Morgan fingerprint density at radius 2 is 2.15 bits per heavy atom. The van der Waals surface area contributed by atoms with E-state index in [1.807, 2.05) is 0 Å². The summed E-state index contributed by atoms with van der Waals surface area (Å²) in [6.07, 6.45) is 3.82. The molecule has 0 heterocycles. The smallest absolute Gasteiger partial charge is 0.221 e. The van der Waals surface area contributed by atoms with Crippen LogP contribution in [0.1, 0.15) is 32.1 Å². The lowest BCUT2D eigenvalue weighted by atomic mass is 9.92. The number of carbonyl (C=O) groups is 1. The highest BCUT2D eigenvalue weighted by atomic mass is 16.3. The van der Waals surface area contributed by atoms with E-state index in [-0.39, 0.29) is 18.1 Å². The lowest BCUT2D eigenvalue weighted by molar-refractivity contribution is -0.122. The van der Waals surface area contributed by atoms with Crippen LogP contribution in [0.2, 0.25) is 0 Å². The van der Waals surface area contributed by atoms with Crippen molar-refractivity contribution in [2.75, 3.05) is 6.54 Å². The topological polar surface area (TPSA) is 75.4 Å². The summed E-state index contributed by atoms with van der Waals surface area (Å²) < 4.78 is 0. The van der Waals surface area contributed by atoms with E-state index < -0.39 is 0 Å². The predicted molar refractivity (Wildman–Crippen MR) is 50.1 cm³/mol. The number of carbonyl (C=O) groups excluding carboxylic acids is 1. The summed E-state index contributed by atoms with van der Waals surface area (Å²) in [6.45, 7) is 0.370. The zero-order chi connectivity index (χ0) is 9.68. The Balaban J connectivity index is 2.29. The molecule has 0 aliphatic heterocycles. The maximum Gasteiger partial charge on any atom is 0.221 e. The van der Waals surface area contributed by atoms with E-state index >= 15 is 0 Å². The van der Waals surface area contributed by atoms with Crippen molar-refractivity contribution in [3.8, 4) is 0 Å². The predicted octanol–water partition coefficient (Wildman–Crippen LogP) is -0.245. The average Bonchev–Trinajstić information content (AvgIpc) is 2.09. The summed E-state index contributed by atoms with van der Waals surface area (Å²) in [5, 5.41) is 12.3. The van der Waals surface area contributed by atoms with E-state index in [4.69, 9.17) is 5.73 Å². The molecule has 4 nitrogen and oxygen atoms in total. The van der Waals surface area contributed by atoms with Crippen molar-refractivity contribution < 1.29 is 9.90 Å². The molecule has 0 radical (unpaired) electrons. The second-order valence-electron chi connectivity index (χ2n) is 3.56. The second kappa shape index (κ2) is 5.19. The number of hydrogen-bond donors (Lipinski definition) is 3. The molecule has 1 rings (SSSR count). The molecule has 1 fully saturated rings. The van der Waals surface area contributed by atoms with Crippen molar-refractivity contribution in [2.45, 2.75) is 44.2 Å². The molecule has 1 amide bonds. The lowest BCUT2D eigenvalue weighted by Crippen LogP contribution is -2.45. The minimum atomic E-state index is -0.365. The van der Waals surface area contributed by atoms with Crippen molar-refractivity contribution in [1.82, 2.24) is 5.32 Å². The van der Waals surface area contributed by atoms with Crippen molar-refractivity contribution in [2.24, 2.45) is 5.73 Å². The van der Waals surface area contributed by atoms with Crippen LogP contribution in [0.4, 0.5) is 0 Å². The molecule has 0 spiro atoms. The molecule has 4 N–H and O–H groups in total. The number of aliphatic hydroxyl groups excluding tert-OH is 1. The third-order valence-corrected chi connectivity index (χ3v) is 2.45. The number of amides is 1. The minimum absolute atomic E-state index is 0.0477. The summed E-state index contributed by atoms with van der Waals surface area (Å²) in [4.78, 5) is 11.2. The molecule has 1 aliphatic carbocycles. The molecule has 0 saturated heterocycles. The van der Waals surface area contributed by atoms with Crippen molar-refractivity contribution in [3.63, 3.8) is 0 Å². The summed E-state index contributed by atoms with van der Waals surface area (Å²) in [6, 6.07) is -0.0483. The van der Waals surface area contributed by atoms with Crippen molar-refractivity contribution in [1.29, 1.82) is 0 Å². The van der Waals surface area contributed by atoms with Gasteiger partial charge in [-0.1, -0.05) is 12.8 Å². The van der Waals surface area contributed by atoms with E-state index in [1.54, 1.807) is 0 Å². The third kappa shape index (κ3) is 3.32. The van der Waals surface area contributed by atoms with Crippen LogP contribution in [0, 0.1) is 0 Å². The second-order valence-corrected chi connectivity index (χ2v) is 3.56. The van der Waals surface area contributed by atoms with Gasteiger partial charge in [0.05, 0.1) is 12.1 Å². The number of rotatable bonds is 3. The zero-order valence-corrected chi connectivity index (χ0v) is 7.83. The van der Waals surface area contributed by atoms with Gasteiger partial charge in [0.15, 0.2) is 0 Å². The van der Waals surface area contributed by atoms with Crippen molar-refractivity contribution in [3.05, 3.63) is 0 Å². The van der Waals surface area contributed by atoms with Crippen LogP contribution in [-0.4, -0.2) is 29.7 Å². The Morgan fingerprint density at radius 1 is 1.46 bits per heavy atom. The van der Waals surface area contributed by atoms with Gasteiger partial charge in [-0.3, -0.25) is 4.79 Å². The molecule has 0 aromatic rings. The highest BCUT2D eigenvalue weighted by Gasteiger charge is 2.23. The van der Waals surface area contributed by atoms with Crippen LogP contribution in [0.15, 0.2) is 0 Å². The highest BCUT2D eigenvalue weighted by molar-refractivity contribution is 5.76. The van der Waals surface area contributed by atoms with Gasteiger partial charge in [0.25, 0.3) is 0 Å². The monoisotopic (exact) mass is 186 g/mol. The molecule has 76 valence electrons. The molecule has 0 aromatic carbocycles. The number of nitrogens with two attached hydrogens (primary N) is 1. The van der Waals surface area contributed by atoms with Gasteiger partial charge in [-0.2, -0.15) is 0 Å². The Hall–Kier alpha value is -0.610. The van der Waals surface area contributed by atoms with Crippen LogP contribution in [-0.2, 0) is 4.79 Å². The van der Waals surface area contributed by atoms with E-state index in [2.05, 4.69) is 5.32 Å². The van der Waals surface area contributed by atoms with Crippen LogP contribution in [0.3, 0.4) is 0 Å². The van der Waals surface area contributed by atoms with Gasteiger partial charge in [-0.15, -0.1) is 0 Å². The van der Waals surface area contributed by atoms with E-state index in [1.165, 1.54) is 0 Å². The van der Waals surface area contributed by atoms with E-state index in [0.29, 0.717) is 13.0 Å². The first-order chi connectivity index (χ1) is 6.24. The van der Waals surface area contributed by atoms with Crippen LogP contribution in [0.5, 0.6) is 0 Å². The van der Waals surface area contributed by atoms with Gasteiger partial charge >= 0.3 is 0 Å². The Labute approximate surface area is 78.5 Å². The quantitative estimate of drug-likeness (QED) is 0.569. The Kier molecular flexibility index (Phi) is 4.18. The van der Waals surface area contributed by atoms with Crippen LogP contribution >= 0.6 is 0 Å². The van der Waals surface area contributed by atoms with E-state index in [0.717, 1.165) is 25.7 Å². The standard InChI is InChI=1S/C9H18N2O2/c10-6-5-9(13)11-7-3-1-2-4-8(7)12/h7-8,12H,1-6,10H2,(H,11,13)/t7-,8-/m0/s1. The maximum atomic E-state index is 11.2. The fourth-order valence-corrected chi connectivity index (χ4v) is 1.69. The van der Waals surface area contributed by atoms with Crippen molar-refractivity contribution >= 4 is 5.91 Å². The Bertz CT molecular complexity index is 173. The van der Waals surface area contributed by atoms with E-state index in [9.17, 15) is 9.90 Å². The number of hydrogen-bond acceptors (Lipinski definition) is 3. The van der Waals surface area contributed by atoms with Gasteiger partial charge in [0.1, 0.15) is 0 Å². The summed E-state index contributed by atoms with van der Waals surface area (Å²) >= 11 is 0. The molecule has 1 saturated carbocycles. The van der Waals surface area contributed by atoms with Gasteiger partial charge in [-0.05, 0) is 12.8 Å². The SMILES string of the molecule is NCCC(=O)N[C@H]1CCCC[C@@H]1O. The fraction of sp³-hybridized carbons (Fsp3) is 0.889. The minimum Gasteiger partial charge on any atom is -0.391 e. The molecule has 2 atom stereocenters. The first kappa shape index (κ1) is 10.5. The van der Waals surface area contributed by atoms with Gasteiger partial charge < -0.3 is 16.2 Å². The van der Waals surface area contributed by atoms with Crippen LogP contribution < -0.4 is 11.1 Å². The van der Waals surface area contributed by atoms with Gasteiger partial charge in [0.2, 0.25) is 5.91 Å².